The van der Waals surface area contributed by atoms with Crippen LogP contribution in [0.4, 0.5) is 5.69 Å². The van der Waals surface area contributed by atoms with Crippen LogP contribution in [0.3, 0.4) is 0 Å². The molecule has 1 N–H and O–H groups in total. The molecule has 3 nitrogen and oxygen atoms in total. The van der Waals surface area contributed by atoms with E-state index in [2.05, 4.69) is 43.1 Å². The minimum absolute atomic E-state index is 0.137. The highest BCUT2D eigenvalue weighted by Crippen LogP contribution is 2.12. The monoisotopic (exact) mass is 248 g/mol. The highest BCUT2D eigenvalue weighted by Gasteiger charge is 2.07. The van der Waals surface area contributed by atoms with E-state index in [-0.39, 0.29) is 5.91 Å². The number of hydrogen-bond acceptors (Lipinski definition) is 2. The van der Waals surface area contributed by atoms with E-state index in [9.17, 15) is 4.79 Å². The third-order valence-corrected chi connectivity index (χ3v) is 2.82. The van der Waals surface area contributed by atoms with Crippen LogP contribution in [-0.4, -0.2) is 25.5 Å². The van der Waals surface area contributed by atoms with Crippen LogP contribution in [0.15, 0.2) is 30.3 Å². The molecular formula is C15H24N2O. The summed E-state index contributed by atoms with van der Waals surface area (Å²) < 4.78 is 0. The van der Waals surface area contributed by atoms with Crippen LogP contribution in [0.25, 0.3) is 0 Å². The SMILES string of the molecule is CCN(CCC(=O)NCC(C)C)c1ccccc1. The van der Waals surface area contributed by atoms with E-state index in [1.807, 2.05) is 18.2 Å². The van der Waals surface area contributed by atoms with Gasteiger partial charge in [0.05, 0.1) is 0 Å². The molecule has 0 atom stereocenters. The summed E-state index contributed by atoms with van der Waals surface area (Å²) in [5.74, 6) is 0.642. The van der Waals surface area contributed by atoms with E-state index in [0.29, 0.717) is 12.3 Å². The Kier molecular flexibility index (Phi) is 6.26. The van der Waals surface area contributed by atoms with E-state index in [1.54, 1.807) is 0 Å². The lowest BCUT2D eigenvalue weighted by Crippen LogP contribution is -2.32. The van der Waals surface area contributed by atoms with Crippen molar-refractivity contribution in [3.63, 3.8) is 0 Å². The lowest BCUT2D eigenvalue weighted by molar-refractivity contribution is -0.121. The van der Waals surface area contributed by atoms with Gasteiger partial charge in [0.15, 0.2) is 0 Å². The highest BCUT2D eigenvalue weighted by atomic mass is 16.1. The molecule has 0 heterocycles. The summed E-state index contributed by atoms with van der Waals surface area (Å²) in [5, 5.41) is 2.95. The number of benzene rings is 1. The van der Waals surface area contributed by atoms with Crippen molar-refractivity contribution in [1.29, 1.82) is 0 Å². The standard InChI is InChI=1S/C15H24N2O/c1-4-17(14-8-6-5-7-9-14)11-10-15(18)16-12-13(2)3/h5-9,13H,4,10-12H2,1-3H3,(H,16,18). The Bertz CT molecular complexity index is 349. The molecule has 1 aromatic rings. The fourth-order valence-electron chi connectivity index (χ4n) is 1.75. The molecule has 1 rings (SSSR count). The predicted octanol–water partition coefficient (Wildman–Crippen LogP) is 2.68. The zero-order valence-corrected chi connectivity index (χ0v) is 11.6. The maximum atomic E-state index is 11.7. The first-order chi connectivity index (χ1) is 8.63. The zero-order valence-electron chi connectivity index (χ0n) is 11.6. The summed E-state index contributed by atoms with van der Waals surface area (Å²) >= 11 is 0. The van der Waals surface area contributed by atoms with Gasteiger partial charge in [-0.2, -0.15) is 0 Å². The normalized spacial score (nSPS) is 10.4. The summed E-state index contributed by atoms with van der Waals surface area (Å²) in [4.78, 5) is 13.9. The van der Waals surface area contributed by atoms with Gasteiger partial charge in [-0.05, 0) is 25.0 Å². The number of nitrogens with zero attached hydrogens (tertiary/aromatic N) is 1. The van der Waals surface area contributed by atoms with Crippen LogP contribution in [0.2, 0.25) is 0 Å². The smallest absolute Gasteiger partial charge is 0.221 e. The summed E-state index contributed by atoms with van der Waals surface area (Å²) in [6.45, 7) is 8.76. The van der Waals surface area contributed by atoms with Crippen LogP contribution in [0.5, 0.6) is 0 Å². The highest BCUT2D eigenvalue weighted by molar-refractivity contribution is 5.76. The van der Waals surface area contributed by atoms with Gasteiger partial charge < -0.3 is 10.2 Å². The fraction of sp³-hybridized carbons (Fsp3) is 0.533. The molecule has 0 unspecified atom stereocenters. The Morgan fingerprint density at radius 2 is 1.94 bits per heavy atom. The van der Waals surface area contributed by atoms with Gasteiger partial charge in [-0.3, -0.25) is 4.79 Å². The molecular weight excluding hydrogens is 224 g/mol. The quantitative estimate of drug-likeness (QED) is 0.804. The van der Waals surface area contributed by atoms with E-state index < -0.39 is 0 Å². The Labute approximate surface area is 110 Å². The van der Waals surface area contributed by atoms with Crippen LogP contribution in [0, 0.1) is 5.92 Å². The number of anilines is 1. The largest absolute Gasteiger partial charge is 0.371 e. The third-order valence-electron chi connectivity index (χ3n) is 2.82. The molecule has 0 aliphatic carbocycles. The molecule has 0 aliphatic rings. The maximum absolute atomic E-state index is 11.7. The van der Waals surface area contributed by atoms with E-state index in [4.69, 9.17) is 0 Å². The lowest BCUT2D eigenvalue weighted by Gasteiger charge is -2.22. The topological polar surface area (TPSA) is 32.3 Å². The third kappa shape index (κ3) is 5.21. The number of nitrogens with one attached hydrogen (secondary N) is 1. The Morgan fingerprint density at radius 1 is 1.28 bits per heavy atom. The summed E-state index contributed by atoms with van der Waals surface area (Å²) in [6, 6.07) is 10.2. The number of carbonyl (C=O) groups is 1. The Balaban J connectivity index is 2.38. The molecule has 0 saturated carbocycles. The number of carbonyl (C=O) groups excluding carboxylic acids is 1. The molecule has 0 aromatic heterocycles. The fourth-order valence-corrected chi connectivity index (χ4v) is 1.75. The number of amides is 1. The molecule has 0 aliphatic heterocycles. The van der Waals surface area contributed by atoms with Crippen molar-refractivity contribution in [3.05, 3.63) is 30.3 Å². The van der Waals surface area contributed by atoms with E-state index in [1.165, 1.54) is 5.69 Å². The van der Waals surface area contributed by atoms with Crippen molar-refractivity contribution in [2.24, 2.45) is 5.92 Å². The average Bonchev–Trinajstić information content (AvgIpc) is 2.38. The minimum atomic E-state index is 0.137. The minimum Gasteiger partial charge on any atom is -0.371 e. The Morgan fingerprint density at radius 3 is 2.50 bits per heavy atom. The average molecular weight is 248 g/mol. The molecule has 0 spiro atoms. The maximum Gasteiger partial charge on any atom is 0.221 e. The number of hydrogen-bond donors (Lipinski definition) is 1. The second-order valence-electron chi connectivity index (χ2n) is 4.86. The van der Waals surface area contributed by atoms with Gasteiger partial charge in [0.2, 0.25) is 5.91 Å². The van der Waals surface area contributed by atoms with Gasteiger partial charge in [0, 0.05) is 31.7 Å². The van der Waals surface area contributed by atoms with Gasteiger partial charge in [-0.15, -0.1) is 0 Å². The molecule has 18 heavy (non-hydrogen) atoms. The molecule has 0 fully saturated rings. The number of para-hydroxylation sites is 1. The molecule has 0 saturated heterocycles. The second kappa shape index (κ2) is 7.75. The summed E-state index contributed by atoms with van der Waals surface area (Å²) in [6.07, 6.45) is 0.551. The second-order valence-corrected chi connectivity index (χ2v) is 4.86. The summed E-state index contributed by atoms with van der Waals surface area (Å²) in [5.41, 5.74) is 1.18. The van der Waals surface area contributed by atoms with E-state index >= 15 is 0 Å². The molecule has 3 heteroatoms. The van der Waals surface area contributed by atoms with Crippen LogP contribution in [0.1, 0.15) is 27.2 Å². The van der Waals surface area contributed by atoms with Gasteiger partial charge in [-0.25, -0.2) is 0 Å². The molecule has 1 amide bonds. The van der Waals surface area contributed by atoms with Gasteiger partial charge >= 0.3 is 0 Å². The predicted molar refractivity (Wildman–Crippen MR) is 76.8 cm³/mol. The first-order valence-corrected chi connectivity index (χ1v) is 6.70. The van der Waals surface area contributed by atoms with Crippen LogP contribution in [-0.2, 0) is 4.79 Å². The number of rotatable bonds is 7. The van der Waals surface area contributed by atoms with Crippen molar-refractivity contribution < 1.29 is 4.79 Å². The van der Waals surface area contributed by atoms with Gasteiger partial charge in [-0.1, -0.05) is 32.0 Å². The lowest BCUT2D eigenvalue weighted by atomic mass is 10.2. The zero-order chi connectivity index (χ0) is 13.4. The van der Waals surface area contributed by atoms with E-state index in [0.717, 1.165) is 19.6 Å². The first kappa shape index (κ1) is 14.6. The van der Waals surface area contributed by atoms with Gasteiger partial charge in [0.25, 0.3) is 0 Å². The molecule has 1 aromatic carbocycles. The summed E-state index contributed by atoms with van der Waals surface area (Å²) in [7, 11) is 0. The van der Waals surface area contributed by atoms with Crippen molar-refractivity contribution in [2.45, 2.75) is 27.2 Å². The van der Waals surface area contributed by atoms with Gasteiger partial charge in [0.1, 0.15) is 0 Å². The van der Waals surface area contributed by atoms with Crippen LogP contribution >= 0.6 is 0 Å². The Hall–Kier alpha value is -1.51. The van der Waals surface area contributed by atoms with Crippen molar-refractivity contribution in [1.82, 2.24) is 5.32 Å². The van der Waals surface area contributed by atoms with Crippen LogP contribution < -0.4 is 10.2 Å². The molecule has 0 radical (unpaired) electrons. The molecule has 0 bridgehead atoms. The first-order valence-electron chi connectivity index (χ1n) is 6.70. The molecule has 100 valence electrons. The van der Waals surface area contributed by atoms with Crippen molar-refractivity contribution in [3.8, 4) is 0 Å². The van der Waals surface area contributed by atoms with Crippen molar-refractivity contribution >= 4 is 11.6 Å². The van der Waals surface area contributed by atoms with Crippen molar-refractivity contribution in [2.75, 3.05) is 24.5 Å².